The summed E-state index contributed by atoms with van der Waals surface area (Å²) in [5, 5.41) is 0. The van der Waals surface area contributed by atoms with Crippen molar-refractivity contribution in [3.8, 4) is 11.5 Å². The first kappa shape index (κ1) is 15.6. The van der Waals surface area contributed by atoms with Gasteiger partial charge in [-0.05, 0) is 12.1 Å². The molecular weight excluding hydrogens is 276 g/mol. The molecule has 2 aliphatic rings. The highest BCUT2D eigenvalue weighted by molar-refractivity contribution is 5.46. The van der Waals surface area contributed by atoms with Crippen molar-refractivity contribution in [3.05, 3.63) is 23.8 Å². The van der Waals surface area contributed by atoms with Gasteiger partial charge in [-0.1, -0.05) is 6.07 Å². The Bertz CT molecular complexity index is 478. The SMILES string of the molecule is COc1cccc(C[NH+]2CCC([NH+]3CCCC3)CC2)c1OC. The Morgan fingerprint density at radius 2 is 1.73 bits per heavy atom. The number of piperidine rings is 1. The Labute approximate surface area is 134 Å². The molecule has 2 saturated heterocycles. The summed E-state index contributed by atoms with van der Waals surface area (Å²) in [5.74, 6) is 1.75. The maximum Gasteiger partial charge on any atom is 0.169 e. The van der Waals surface area contributed by atoms with E-state index < -0.39 is 0 Å². The van der Waals surface area contributed by atoms with Crippen LogP contribution in [0.25, 0.3) is 0 Å². The molecule has 0 unspecified atom stereocenters. The number of methoxy groups -OCH3 is 2. The lowest BCUT2D eigenvalue weighted by molar-refractivity contribution is -0.957. The lowest BCUT2D eigenvalue weighted by Gasteiger charge is -2.32. The molecule has 22 heavy (non-hydrogen) atoms. The smallest absolute Gasteiger partial charge is 0.169 e. The molecule has 2 N–H and O–H groups in total. The van der Waals surface area contributed by atoms with Gasteiger partial charge >= 0.3 is 0 Å². The van der Waals surface area contributed by atoms with Crippen molar-refractivity contribution in [1.82, 2.24) is 0 Å². The van der Waals surface area contributed by atoms with Gasteiger partial charge in [-0.15, -0.1) is 0 Å². The van der Waals surface area contributed by atoms with E-state index >= 15 is 0 Å². The average molecular weight is 306 g/mol. The quantitative estimate of drug-likeness (QED) is 0.797. The van der Waals surface area contributed by atoms with Crippen LogP contribution in [0.5, 0.6) is 11.5 Å². The van der Waals surface area contributed by atoms with E-state index in [0.717, 1.165) is 24.1 Å². The summed E-state index contributed by atoms with van der Waals surface area (Å²) in [4.78, 5) is 3.56. The van der Waals surface area contributed by atoms with Crippen LogP contribution >= 0.6 is 0 Å². The van der Waals surface area contributed by atoms with Crippen LogP contribution in [0, 0.1) is 0 Å². The van der Waals surface area contributed by atoms with E-state index in [4.69, 9.17) is 9.47 Å². The summed E-state index contributed by atoms with van der Waals surface area (Å²) < 4.78 is 11.0. The summed E-state index contributed by atoms with van der Waals surface area (Å²) in [5.41, 5.74) is 1.27. The normalized spacial score (nSPS) is 26.1. The van der Waals surface area contributed by atoms with Gasteiger partial charge in [0.2, 0.25) is 0 Å². The van der Waals surface area contributed by atoms with Crippen LogP contribution in [0.1, 0.15) is 31.2 Å². The summed E-state index contributed by atoms with van der Waals surface area (Å²) in [7, 11) is 3.44. The second kappa shape index (κ2) is 7.34. The van der Waals surface area contributed by atoms with Crippen molar-refractivity contribution in [2.24, 2.45) is 0 Å². The van der Waals surface area contributed by atoms with E-state index in [0.29, 0.717) is 0 Å². The molecule has 0 aromatic heterocycles. The first-order chi connectivity index (χ1) is 10.8. The molecule has 0 radical (unpaired) electrons. The van der Waals surface area contributed by atoms with Crippen LogP contribution in [0.4, 0.5) is 0 Å². The zero-order valence-corrected chi connectivity index (χ0v) is 14.0. The van der Waals surface area contributed by atoms with Gasteiger partial charge in [0.25, 0.3) is 0 Å². The predicted octanol–water partition coefficient (Wildman–Crippen LogP) is -0.0702. The van der Waals surface area contributed by atoms with Gasteiger partial charge in [-0.25, -0.2) is 0 Å². The maximum absolute atomic E-state index is 5.57. The van der Waals surface area contributed by atoms with Crippen molar-refractivity contribution < 1.29 is 19.3 Å². The number of rotatable bonds is 5. The molecule has 0 amide bonds. The molecule has 0 saturated carbocycles. The lowest BCUT2D eigenvalue weighted by Crippen LogP contribution is -3.19. The lowest BCUT2D eigenvalue weighted by atomic mass is 10.0. The average Bonchev–Trinajstić information content (AvgIpc) is 3.09. The Morgan fingerprint density at radius 1 is 1.00 bits per heavy atom. The Kier molecular flexibility index (Phi) is 5.21. The number of likely N-dealkylation sites (tertiary alicyclic amines) is 2. The molecular formula is C18H30N2O2+2. The van der Waals surface area contributed by atoms with Crippen molar-refractivity contribution in [2.45, 2.75) is 38.3 Å². The van der Waals surface area contributed by atoms with Gasteiger partial charge in [-0.2, -0.15) is 0 Å². The fraction of sp³-hybridized carbons (Fsp3) is 0.667. The number of hydrogen-bond donors (Lipinski definition) is 2. The number of quaternary nitrogens is 2. The second-order valence-corrected chi connectivity index (χ2v) is 6.72. The minimum Gasteiger partial charge on any atom is -0.493 e. The van der Waals surface area contributed by atoms with E-state index in [2.05, 4.69) is 12.1 Å². The molecule has 0 bridgehead atoms. The number of nitrogens with one attached hydrogen (secondary N) is 2. The molecule has 1 aromatic rings. The molecule has 3 rings (SSSR count). The highest BCUT2D eigenvalue weighted by atomic mass is 16.5. The maximum atomic E-state index is 5.57. The van der Waals surface area contributed by atoms with Crippen LogP contribution in [0.2, 0.25) is 0 Å². The van der Waals surface area contributed by atoms with Crippen LogP contribution < -0.4 is 19.3 Å². The zero-order chi connectivity index (χ0) is 15.4. The van der Waals surface area contributed by atoms with Gasteiger partial charge in [0, 0.05) is 25.7 Å². The van der Waals surface area contributed by atoms with Crippen LogP contribution in [0.3, 0.4) is 0 Å². The van der Waals surface area contributed by atoms with Crippen LogP contribution in [-0.4, -0.2) is 46.4 Å². The third kappa shape index (κ3) is 3.39. The van der Waals surface area contributed by atoms with Crippen molar-refractivity contribution in [3.63, 3.8) is 0 Å². The van der Waals surface area contributed by atoms with Gasteiger partial charge in [0.15, 0.2) is 11.5 Å². The fourth-order valence-electron chi connectivity index (χ4n) is 4.21. The summed E-state index contributed by atoms with van der Waals surface area (Å²) in [6.45, 7) is 6.43. The molecule has 4 heteroatoms. The standard InChI is InChI=1S/C18H28N2O2/c1-21-17-7-5-6-15(18(17)22-2)14-19-12-8-16(9-13-19)20-10-3-4-11-20/h5-7,16H,3-4,8-14H2,1-2H3/p+2. The summed E-state index contributed by atoms with van der Waals surface area (Å²) >= 11 is 0. The zero-order valence-electron chi connectivity index (χ0n) is 14.0. The first-order valence-electron chi connectivity index (χ1n) is 8.70. The van der Waals surface area contributed by atoms with Gasteiger partial charge in [0.05, 0.1) is 52.0 Å². The van der Waals surface area contributed by atoms with E-state index in [9.17, 15) is 0 Å². The fourth-order valence-corrected chi connectivity index (χ4v) is 4.21. The Hall–Kier alpha value is -1.26. The molecule has 0 atom stereocenters. The van der Waals surface area contributed by atoms with Gasteiger partial charge in [0.1, 0.15) is 6.54 Å². The molecule has 2 heterocycles. The van der Waals surface area contributed by atoms with Crippen molar-refractivity contribution >= 4 is 0 Å². The van der Waals surface area contributed by atoms with E-state index in [1.807, 2.05) is 11.0 Å². The molecule has 2 fully saturated rings. The highest BCUT2D eigenvalue weighted by Crippen LogP contribution is 2.30. The summed E-state index contributed by atoms with van der Waals surface area (Å²) in [6, 6.07) is 7.13. The van der Waals surface area contributed by atoms with E-state index in [-0.39, 0.29) is 0 Å². The van der Waals surface area contributed by atoms with Gasteiger partial charge < -0.3 is 19.3 Å². The molecule has 122 valence electrons. The van der Waals surface area contributed by atoms with Crippen molar-refractivity contribution in [1.29, 1.82) is 0 Å². The molecule has 2 aliphatic heterocycles. The van der Waals surface area contributed by atoms with Crippen LogP contribution in [0.15, 0.2) is 18.2 Å². The first-order valence-corrected chi connectivity index (χ1v) is 8.70. The molecule has 4 nitrogen and oxygen atoms in total. The molecule has 0 aliphatic carbocycles. The Morgan fingerprint density at radius 3 is 2.36 bits per heavy atom. The number of ether oxygens (including phenoxy) is 2. The minimum absolute atomic E-state index is 0.843. The second-order valence-electron chi connectivity index (χ2n) is 6.72. The summed E-state index contributed by atoms with van der Waals surface area (Å²) in [6.07, 6.45) is 5.61. The Balaban J connectivity index is 1.58. The minimum atomic E-state index is 0.843. The third-order valence-electron chi connectivity index (χ3n) is 5.44. The third-order valence-corrected chi connectivity index (χ3v) is 5.44. The predicted molar refractivity (Wildman–Crippen MR) is 86.9 cm³/mol. The van der Waals surface area contributed by atoms with E-state index in [1.54, 1.807) is 19.1 Å². The topological polar surface area (TPSA) is 27.3 Å². The number of benzene rings is 1. The molecule has 0 spiro atoms. The highest BCUT2D eigenvalue weighted by Gasteiger charge is 2.31. The monoisotopic (exact) mass is 306 g/mol. The van der Waals surface area contributed by atoms with Gasteiger partial charge in [-0.3, -0.25) is 0 Å². The van der Waals surface area contributed by atoms with Crippen molar-refractivity contribution in [2.75, 3.05) is 40.4 Å². The van der Waals surface area contributed by atoms with Crippen LogP contribution in [-0.2, 0) is 6.54 Å². The largest absolute Gasteiger partial charge is 0.493 e. The number of hydrogen-bond acceptors (Lipinski definition) is 2. The number of para-hydroxylation sites is 1. The molecule has 1 aromatic carbocycles. The van der Waals surface area contributed by atoms with E-state index in [1.165, 1.54) is 57.4 Å².